The summed E-state index contributed by atoms with van der Waals surface area (Å²) >= 11 is 0. The number of nitrogens with two attached hydrogens (primary N) is 1. The normalized spacial score (nSPS) is 13.4. The molecule has 2 aromatic heterocycles. The molecule has 1 aliphatic rings. The number of rotatable bonds is 2. The minimum Gasteiger partial charge on any atom is -0.464 e. The Morgan fingerprint density at radius 3 is 2.92 bits per heavy atom. The number of aromatic nitrogens is 1. The summed E-state index contributed by atoms with van der Waals surface area (Å²) in [6.07, 6.45) is 5.73. The number of anilines is 1. The number of methoxy groups -OCH3 is 1. The SMILES string of the molecule is COC(=O)c1c(N)c(C#N)cn1-c1cccc2c3c(oc12)CCCC3. The van der Waals surface area contributed by atoms with Crippen LogP contribution in [0.2, 0.25) is 0 Å². The number of nitriles is 1. The number of carbonyl (C=O) groups excluding carboxylic acids is 1. The van der Waals surface area contributed by atoms with Crippen LogP contribution in [-0.4, -0.2) is 17.6 Å². The fourth-order valence-electron chi connectivity index (χ4n) is 3.56. The van der Waals surface area contributed by atoms with Crippen LogP contribution in [0.4, 0.5) is 5.69 Å². The average molecular weight is 335 g/mol. The number of carbonyl (C=O) groups is 1. The Labute approximate surface area is 144 Å². The van der Waals surface area contributed by atoms with Gasteiger partial charge in [0.25, 0.3) is 0 Å². The number of nitrogens with zero attached hydrogens (tertiary/aromatic N) is 2. The first-order chi connectivity index (χ1) is 12.2. The lowest BCUT2D eigenvalue weighted by atomic mass is 9.96. The van der Waals surface area contributed by atoms with Crippen molar-refractivity contribution in [2.45, 2.75) is 25.7 Å². The van der Waals surface area contributed by atoms with E-state index in [0.29, 0.717) is 11.3 Å². The number of nitrogen functional groups attached to an aromatic ring is 1. The summed E-state index contributed by atoms with van der Waals surface area (Å²) in [7, 11) is 1.29. The number of para-hydroxylation sites is 1. The molecule has 0 radical (unpaired) electrons. The van der Waals surface area contributed by atoms with Gasteiger partial charge >= 0.3 is 5.97 Å². The molecule has 25 heavy (non-hydrogen) atoms. The lowest BCUT2D eigenvalue weighted by Crippen LogP contribution is -2.11. The van der Waals surface area contributed by atoms with E-state index in [9.17, 15) is 10.1 Å². The van der Waals surface area contributed by atoms with Gasteiger partial charge in [-0.3, -0.25) is 0 Å². The summed E-state index contributed by atoms with van der Waals surface area (Å²) in [6, 6.07) is 7.82. The van der Waals surface area contributed by atoms with E-state index in [4.69, 9.17) is 14.9 Å². The van der Waals surface area contributed by atoms with Crippen molar-refractivity contribution >= 4 is 22.6 Å². The molecule has 1 aliphatic carbocycles. The molecule has 0 unspecified atom stereocenters. The molecule has 6 heteroatoms. The van der Waals surface area contributed by atoms with Crippen molar-refractivity contribution < 1.29 is 13.9 Å². The Hall–Kier alpha value is -3.20. The van der Waals surface area contributed by atoms with Crippen molar-refractivity contribution in [3.05, 3.63) is 47.0 Å². The summed E-state index contributed by atoms with van der Waals surface area (Å²) in [5.41, 5.74) is 9.11. The molecule has 0 amide bonds. The molecular formula is C19H17N3O3. The van der Waals surface area contributed by atoms with Gasteiger partial charge in [0, 0.05) is 23.6 Å². The van der Waals surface area contributed by atoms with Crippen molar-refractivity contribution in [2.75, 3.05) is 12.8 Å². The van der Waals surface area contributed by atoms with Gasteiger partial charge in [-0.25, -0.2) is 4.79 Å². The third kappa shape index (κ3) is 2.20. The number of hydrogen-bond acceptors (Lipinski definition) is 5. The van der Waals surface area contributed by atoms with Crippen LogP contribution in [0, 0.1) is 11.3 Å². The molecule has 2 heterocycles. The lowest BCUT2D eigenvalue weighted by molar-refractivity contribution is 0.0593. The van der Waals surface area contributed by atoms with Gasteiger partial charge in [-0.1, -0.05) is 12.1 Å². The minimum absolute atomic E-state index is 0.114. The van der Waals surface area contributed by atoms with Gasteiger partial charge in [-0.05, 0) is 25.3 Å². The van der Waals surface area contributed by atoms with Gasteiger partial charge in [0.15, 0.2) is 11.3 Å². The number of aryl methyl sites for hydroxylation is 2. The molecule has 0 saturated heterocycles. The monoisotopic (exact) mass is 335 g/mol. The number of fused-ring (bicyclic) bond motifs is 3. The van der Waals surface area contributed by atoms with Crippen molar-refractivity contribution in [1.29, 1.82) is 5.26 Å². The van der Waals surface area contributed by atoms with Gasteiger partial charge in [-0.2, -0.15) is 5.26 Å². The standard InChI is InChI=1S/C19H17N3O3/c1-24-19(23)17-16(21)11(9-20)10-22(17)14-7-4-6-13-12-5-2-3-8-15(12)25-18(13)14/h4,6-7,10H,2-3,5,8,21H2,1H3. The maximum Gasteiger partial charge on any atom is 0.357 e. The zero-order valence-corrected chi connectivity index (χ0v) is 13.8. The highest BCUT2D eigenvalue weighted by atomic mass is 16.5. The van der Waals surface area contributed by atoms with Crippen LogP contribution in [-0.2, 0) is 17.6 Å². The molecule has 6 nitrogen and oxygen atoms in total. The van der Waals surface area contributed by atoms with E-state index in [1.807, 2.05) is 24.3 Å². The number of esters is 1. The van der Waals surface area contributed by atoms with Crippen LogP contribution in [0.15, 0.2) is 28.8 Å². The third-order valence-corrected chi connectivity index (χ3v) is 4.76. The van der Waals surface area contributed by atoms with E-state index in [0.717, 1.165) is 36.8 Å². The van der Waals surface area contributed by atoms with Crippen LogP contribution in [0.25, 0.3) is 16.7 Å². The first-order valence-electron chi connectivity index (χ1n) is 8.18. The van der Waals surface area contributed by atoms with Crippen molar-refractivity contribution in [3.63, 3.8) is 0 Å². The fraction of sp³-hybridized carbons (Fsp3) is 0.263. The topological polar surface area (TPSA) is 94.2 Å². The van der Waals surface area contributed by atoms with Gasteiger partial charge in [0.05, 0.1) is 24.0 Å². The Balaban J connectivity index is 2.01. The number of benzene rings is 1. The highest BCUT2D eigenvalue weighted by Gasteiger charge is 2.25. The van der Waals surface area contributed by atoms with Crippen LogP contribution < -0.4 is 5.73 Å². The molecule has 0 atom stereocenters. The van der Waals surface area contributed by atoms with Gasteiger partial charge < -0.3 is 19.5 Å². The second-order valence-electron chi connectivity index (χ2n) is 6.14. The number of ether oxygens (including phenoxy) is 1. The summed E-state index contributed by atoms with van der Waals surface area (Å²) in [4.78, 5) is 12.2. The summed E-state index contributed by atoms with van der Waals surface area (Å²) in [5.74, 6) is 0.418. The molecule has 3 aromatic rings. The molecular weight excluding hydrogens is 318 g/mol. The fourth-order valence-corrected chi connectivity index (χ4v) is 3.56. The quantitative estimate of drug-likeness (QED) is 0.725. The molecule has 0 saturated carbocycles. The summed E-state index contributed by atoms with van der Waals surface area (Å²) in [5, 5.41) is 10.3. The Kier molecular flexibility index (Phi) is 3.50. The molecule has 2 N–H and O–H groups in total. The Morgan fingerprint density at radius 2 is 2.16 bits per heavy atom. The minimum atomic E-state index is -0.590. The van der Waals surface area contributed by atoms with Crippen LogP contribution in [0.3, 0.4) is 0 Å². The average Bonchev–Trinajstić information content (AvgIpc) is 3.18. The predicted octanol–water partition coefficient (Wildman–Crippen LogP) is 3.34. The first-order valence-corrected chi connectivity index (χ1v) is 8.18. The smallest absolute Gasteiger partial charge is 0.357 e. The predicted molar refractivity (Wildman–Crippen MR) is 92.6 cm³/mol. The number of hydrogen-bond donors (Lipinski definition) is 1. The van der Waals surface area contributed by atoms with Crippen LogP contribution in [0.5, 0.6) is 0 Å². The Bertz CT molecular complexity index is 1040. The molecule has 0 bridgehead atoms. The Morgan fingerprint density at radius 1 is 1.36 bits per heavy atom. The zero-order valence-electron chi connectivity index (χ0n) is 13.8. The van der Waals surface area contributed by atoms with E-state index in [2.05, 4.69) is 0 Å². The third-order valence-electron chi connectivity index (χ3n) is 4.76. The van der Waals surface area contributed by atoms with E-state index < -0.39 is 5.97 Å². The summed E-state index contributed by atoms with van der Waals surface area (Å²) in [6.45, 7) is 0. The van der Waals surface area contributed by atoms with Gasteiger partial charge in [0.1, 0.15) is 11.8 Å². The van der Waals surface area contributed by atoms with E-state index in [-0.39, 0.29) is 16.9 Å². The number of furan rings is 1. The van der Waals surface area contributed by atoms with Crippen molar-refractivity contribution in [1.82, 2.24) is 4.57 Å². The van der Waals surface area contributed by atoms with Gasteiger partial charge in [-0.15, -0.1) is 0 Å². The highest BCUT2D eigenvalue weighted by molar-refractivity contribution is 5.98. The lowest BCUT2D eigenvalue weighted by Gasteiger charge is -2.09. The van der Waals surface area contributed by atoms with E-state index in [1.54, 1.807) is 10.8 Å². The zero-order chi connectivity index (χ0) is 17.6. The second kappa shape index (κ2) is 5.71. The summed E-state index contributed by atoms with van der Waals surface area (Å²) < 4.78 is 12.6. The maximum absolute atomic E-state index is 12.2. The van der Waals surface area contributed by atoms with Crippen molar-refractivity contribution in [3.8, 4) is 11.8 Å². The highest BCUT2D eigenvalue weighted by Crippen LogP contribution is 2.36. The van der Waals surface area contributed by atoms with Crippen molar-refractivity contribution in [2.24, 2.45) is 0 Å². The second-order valence-corrected chi connectivity index (χ2v) is 6.14. The van der Waals surface area contributed by atoms with Crippen LogP contribution in [0.1, 0.15) is 40.2 Å². The largest absolute Gasteiger partial charge is 0.464 e. The molecule has 1 aromatic carbocycles. The molecule has 0 fully saturated rings. The molecule has 126 valence electrons. The molecule has 4 rings (SSSR count). The van der Waals surface area contributed by atoms with E-state index in [1.165, 1.54) is 12.7 Å². The van der Waals surface area contributed by atoms with E-state index >= 15 is 0 Å². The first kappa shape index (κ1) is 15.3. The van der Waals surface area contributed by atoms with Gasteiger partial charge in [0.2, 0.25) is 0 Å². The van der Waals surface area contributed by atoms with Crippen LogP contribution >= 0.6 is 0 Å². The molecule has 0 spiro atoms. The molecule has 0 aliphatic heterocycles. The maximum atomic E-state index is 12.2.